The molecule has 0 aliphatic carbocycles. The maximum atomic E-state index is 10.5. The molecule has 0 radical (unpaired) electrons. The van der Waals surface area contributed by atoms with Crippen LogP contribution >= 0.6 is 12.4 Å². The van der Waals surface area contributed by atoms with E-state index in [0.29, 0.717) is 19.0 Å². The number of nitrogens with zero attached hydrogens (tertiary/aromatic N) is 1. The van der Waals surface area contributed by atoms with Crippen LogP contribution in [0.3, 0.4) is 0 Å². The van der Waals surface area contributed by atoms with Gasteiger partial charge in [-0.15, -0.1) is 12.4 Å². The molecule has 0 amide bonds. The molecule has 1 aromatic rings. The Labute approximate surface area is 105 Å². The van der Waals surface area contributed by atoms with Crippen LogP contribution < -0.4 is 5.73 Å². The molecule has 1 aromatic heterocycles. The first-order valence-corrected chi connectivity index (χ1v) is 5.26. The average molecular weight is 263 g/mol. The molecule has 0 saturated carbocycles. The highest BCUT2D eigenvalue weighted by Gasteiger charge is 2.26. The van der Waals surface area contributed by atoms with Crippen LogP contribution in [-0.2, 0) is 4.74 Å². The lowest BCUT2D eigenvalue weighted by molar-refractivity contribution is -0.402. The minimum absolute atomic E-state index is 0. The molecule has 2 heterocycles. The van der Waals surface area contributed by atoms with Crippen molar-refractivity contribution in [3.05, 3.63) is 28.0 Å². The second-order valence-electron chi connectivity index (χ2n) is 3.91. The van der Waals surface area contributed by atoms with E-state index >= 15 is 0 Å². The molecule has 2 N–H and O–H groups in total. The third-order valence-electron chi connectivity index (χ3n) is 2.89. The summed E-state index contributed by atoms with van der Waals surface area (Å²) in [6, 6.07) is 2.64. The topological polar surface area (TPSA) is 91.5 Å². The van der Waals surface area contributed by atoms with Gasteiger partial charge in [-0.3, -0.25) is 10.1 Å². The van der Waals surface area contributed by atoms with Gasteiger partial charge in [0.05, 0.1) is 12.1 Å². The van der Waals surface area contributed by atoms with Gasteiger partial charge in [0.15, 0.2) is 0 Å². The van der Waals surface area contributed by atoms with Crippen molar-refractivity contribution in [2.75, 3.05) is 13.2 Å². The fourth-order valence-corrected chi connectivity index (χ4v) is 1.93. The summed E-state index contributed by atoms with van der Waals surface area (Å²) in [6.45, 7) is 1.39. The van der Waals surface area contributed by atoms with Gasteiger partial charge in [-0.1, -0.05) is 0 Å². The molecule has 1 fully saturated rings. The van der Waals surface area contributed by atoms with E-state index in [9.17, 15) is 10.1 Å². The molecule has 0 unspecified atom stereocenters. The molecule has 1 atom stereocenters. The van der Waals surface area contributed by atoms with Crippen molar-refractivity contribution in [3.63, 3.8) is 0 Å². The second-order valence-corrected chi connectivity index (χ2v) is 3.91. The molecule has 96 valence electrons. The van der Waals surface area contributed by atoms with E-state index in [2.05, 4.69) is 0 Å². The van der Waals surface area contributed by atoms with Crippen LogP contribution in [0, 0.1) is 16.0 Å². The SMILES string of the molecule is Cl.N[C@@H](c1ccc([N+](=O)[O-])o1)C1CCOCC1. The molecular weight excluding hydrogens is 248 g/mol. The van der Waals surface area contributed by atoms with Crippen LogP contribution in [0.25, 0.3) is 0 Å². The fraction of sp³-hybridized carbons (Fsp3) is 0.600. The van der Waals surface area contributed by atoms with Gasteiger partial charge in [0.25, 0.3) is 0 Å². The van der Waals surface area contributed by atoms with Crippen LogP contribution in [0.4, 0.5) is 5.88 Å². The lowest BCUT2D eigenvalue weighted by Crippen LogP contribution is -2.27. The molecule has 1 saturated heterocycles. The van der Waals surface area contributed by atoms with Gasteiger partial charge >= 0.3 is 5.88 Å². The van der Waals surface area contributed by atoms with Crippen LogP contribution in [0.2, 0.25) is 0 Å². The van der Waals surface area contributed by atoms with Crippen LogP contribution in [0.1, 0.15) is 24.6 Å². The first kappa shape index (κ1) is 14.0. The minimum Gasteiger partial charge on any atom is -0.404 e. The molecule has 0 aromatic carbocycles. The highest BCUT2D eigenvalue weighted by Crippen LogP contribution is 2.30. The molecular formula is C10H15ClN2O4. The van der Waals surface area contributed by atoms with Crippen molar-refractivity contribution in [2.24, 2.45) is 11.7 Å². The van der Waals surface area contributed by atoms with Crippen molar-refractivity contribution < 1.29 is 14.1 Å². The average Bonchev–Trinajstić information content (AvgIpc) is 2.78. The highest BCUT2D eigenvalue weighted by atomic mass is 35.5. The second kappa shape index (κ2) is 6.00. The predicted molar refractivity (Wildman–Crippen MR) is 63.1 cm³/mol. The minimum atomic E-state index is -0.555. The Morgan fingerprint density at radius 3 is 2.59 bits per heavy atom. The van der Waals surface area contributed by atoms with Crippen molar-refractivity contribution in [1.29, 1.82) is 0 Å². The summed E-state index contributed by atoms with van der Waals surface area (Å²) in [4.78, 5) is 9.91. The van der Waals surface area contributed by atoms with E-state index in [1.54, 1.807) is 6.07 Å². The van der Waals surface area contributed by atoms with Gasteiger partial charge in [-0.05, 0) is 24.8 Å². The molecule has 7 heteroatoms. The monoisotopic (exact) mass is 262 g/mol. The number of hydrogen-bond acceptors (Lipinski definition) is 5. The maximum Gasteiger partial charge on any atom is 0.433 e. The Hall–Kier alpha value is -1.11. The largest absolute Gasteiger partial charge is 0.433 e. The number of furan rings is 1. The van der Waals surface area contributed by atoms with Gasteiger partial charge in [-0.2, -0.15) is 0 Å². The zero-order valence-electron chi connectivity index (χ0n) is 9.20. The molecule has 6 nitrogen and oxygen atoms in total. The highest BCUT2D eigenvalue weighted by molar-refractivity contribution is 5.85. The summed E-state index contributed by atoms with van der Waals surface area (Å²) < 4.78 is 10.3. The third-order valence-corrected chi connectivity index (χ3v) is 2.89. The molecule has 0 spiro atoms. The lowest BCUT2D eigenvalue weighted by Gasteiger charge is -2.25. The van der Waals surface area contributed by atoms with E-state index < -0.39 is 4.92 Å². The van der Waals surface area contributed by atoms with Gasteiger partial charge in [0.2, 0.25) is 0 Å². The first-order valence-electron chi connectivity index (χ1n) is 5.26. The fourth-order valence-electron chi connectivity index (χ4n) is 1.93. The van der Waals surface area contributed by atoms with Crippen LogP contribution in [-0.4, -0.2) is 18.1 Å². The number of hydrogen-bond donors (Lipinski definition) is 1. The van der Waals surface area contributed by atoms with Crippen molar-refractivity contribution >= 4 is 18.3 Å². The Morgan fingerprint density at radius 2 is 2.06 bits per heavy atom. The van der Waals surface area contributed by atoms with E-state index in [1.165, 1.54) is 6.07 Å². The summed E-state index contributed by atoms with van der Waals surface area (Å²) in [5.41, 5.74) is 6.01. The third kappa shape index (κ3) is 3.18. The summed E-state index contributed by atoms with van der Waals surface area (Å²) >= 11 is 0. The van der Waals surface area contributed by atoms with Gasteiger partial charge in [0.1, 0.15) is 10.7 Å². The summed E-state index contributed by atoms with van der Waals surface area (Å²) in [7, 11) is 0. The Bertz CT molecular complexity index is 376. The van der Waals surface area contributed by atoms with Crippen molar-refractivity contribution in [2.45, 2.75) is 18.9 Å². The molecule has 17 heavy (non-hydrogen) atoms. The lowest BCUT2D eigenvalue weighted by atomic mass is 9.91. The van der Waals surface area contributed by atoms with E-state index in [0.717, 1.165) is 12.8 Å². The first-order chi connectivity index (χ1) is 7.68. The molecule has 1 aliphatic heterocycles. The Kier molecular flexibility index (Phi) is 4.92. The zero-order valence-corrected chi connectivity index (χ0v) is 10.0. The van der Waals surface area contributed by atoms with Crippen LogP contribution in [0.15, 0.2) is 16.5 Å². The predicted octanol–water partition coefficient (Wildman–Crippen LogP) is 2.04. The van der Waals surface area contributed by atoms with Crippen molar-refractivity contribution in [3.8, 4) is 0 Å². The number of rotatable bonds is 3. The normalized spacial score (nSPS) is 18.4. The molecule has 1 aliphatic rings. The van der Waals surface area contributed by atoms with Gasteiger partial charge in [-0.25, -0.2) is 0 Å². The number of nitro groups is 1. The summed E-state index contributed by atoms with van der Waals surface area (Å²) in [5.74, 6) is 0.510. The maximum absolute atomic E-state index is 10.5. The number of halogens is 1. The van der Waals surface area contributed by atoms with E-state index in [1.807, 2.05) is 0 Å². The number of ether oxygens (including phenoxy) is 1. The number of nitrogens with two attached hydrogens (primary N) is 1. The van der Waals surface area contributed by atoms with Gasteiger partial charge in [0, 0.05) is 13.2 Å². The van der Waals surface area contributed by atoms with E-state index in [-0.39, 0.29) is 30.3 Å². The van der Waals surface area contributed by atoms with Crippen LogP contribution in [0.5, 0.6) is 0 Å². The zero-order chi connectivity index (χ0) is 11.5. The quantitative estimate of drug-likeness (QED) is 0.665. The smallest absolute Gasteiger partial charge is 0.404 e. The standard InChI is InChI=1S/C10H14N2O4.ClH/c11-10(7-3-5-15-6-4-7)8-1-2-9(16-8)12(13)14;/h1-2,7,10H,3-6,11H2;1H/t10-;/m1./s1. The molecule has 2 rings (SSSR count). The molecule has 0 bridgehead atoms. The van der Waals surface area contributed by atoms with Gasteiger partial charge < -0.3 is 14.9 Å². The summed E-state index contributed by atoms with van der Waals surface area (Å²) in [5, 5.41) is 10.5. The Balaban J connectivity index is 0.00000144. The van der Waals surface area contributed by atoms with E-state index in [4.69, 9.17) is 14.9 Å². The summed E-state index contributed by atoms with van der Waals surface area (Å²) in [6.07, 6.45) is 1.74. The Morgan fingerprint density at radius 1 is 1.41 bits per heavy atom. The van der Waals surface area contributed by atoms with Crippen molar-refractivity contribution in [1.82, 2.24) is 0 Å².